The summed E-state index contributed by atoms with van der Waals surface area (Å²) in [6.45, 7) is 6.27. The number of aliphatic hydroxyl groups excluding tert-OH is 1. The molecule has 2 aliphatic heterocycles. The van der Waals surface area contributed by atoms with Crippen molar-refractivity contribution in [2.45, 2.75) is 37.5 Å². The van der Waals surface area contributed by atoms with E-state index in [1.165, 1.54) is 5.56 Å². The molecule has 2 N–H and O–H groups in total. The number of piperidine rings is 1. The van der Waals surface area contributed by atoms with E-state index in [1.54, 1.807) is 0 Å². The fraction of sp³-hybridized carbons (Fsp3) is 0.684. The highest BCUT2D eigenvalue weighted by Gasteiger charge is 2.32. The molecule has 2 fully saturated rings. The molecule has 2 heterocycles. The van der Waals surface area contributed by atoms with Gasteiger partial charge in [0.05, 0.1) is 18.3 Å². The highest BCUT2D eigenvalue weighted by molar-refractivity contribution is 5.14. The lowest BCUT2D eigenvalue weighted by atomic mass is 9.92. The minimum absolute atomic E-state index is 0.133. The molecule has 0 radical (unpaired) electrons. The normalized spacial score (nSPS) is 26.2. The van der Waals surface area contributed by atoms with Crippen LogP contribution in [-0.2, 0) is 11.3 Å². The quantitative estimate of drug-likeness (QED) is 0.844. The van der Waals surface area contributed by atoms with Crippen molar-refractivity contribution in [3.63, 3.8) is 0 Å². The average molecular weight is 334 g/mol. The molecule has 0 amide bonds. The molecule has 1 aromatic rings. The Labute approximate surface area is 144 Å². The highest BCUT2D eigenvalue weighted by Crippen LogP contribution is 2.22. The van der Waals surface area contributed by atoms with Crippen LogP contribution in [0.25, 0.3) is 0 Å². The smallest absolute Gasteiger partial charge is 0.0901 e. The van der Waals surface area contributed by atoms with Crippen LogP contribution in [0.4, 0.5) is 0 Å². The van der Waals surface area contributed by atoms with Crippen molar-refractivity contribution in [3.05, 3.63) is 35.9 Å². The number of rotatable bonds is 5. The van der Waals surface area contributed by atoms with Crippen LogP contribution in [0.2, 0.25) is 0 Å². The van der Waals surface area contributed by atoms with E-state index in [4.69, 9.17) is 4.74 Å². The van der Waals surface area contributed by atoms with Crippen molar-refractivity contribution in [2.75, 3.05) is 45.9 Å². The van der Waals surface area contributed by atoms with Crippen molar-refractivity contribution in [2.24, 2.45) is 0 Å². The van der Waals surface area contributed by atoms with Crippen LogP contribution in [0.5, 0.6) is 0 Å². The molecule has 0 aliphatic carbocycles. The van der Waals surface area contributed by atoms with Gasteiger partial charge >= 0.3 is 0 Å². The van der Waals surface area contributed by atoms with Gasteiger partial charge in [-0.05, 0) is 24.8 Å². The first-order valence-electron chi connectivity index (χ1n) is 9.10. The summed E-state index contributed by atoms with van der Waals surface area (Å²) < 4.78 is 6.06. The molecule has 2 saturated heterocycles. The summed E-state index contributed by atoms with van der Waals surface area (Å²) in [4.78, 5) is 4.85. The third kappa shape index (κ3) is 5.01. The molecule has 1 unspecified atom stereocenters. The largest absolute Gasteiger partial charge is 0.393 e. The van der Waals surface area contributed by atoms with Crippen molar-refractivity contribution in [1.82, 2.24) is 9.80 Å². The number of nitrogens with zero attached hydrogens (tertiary/aromatic N) is 2. The summed E-state index contributed by atoms with van der Waals surface area (Å²) in [7, 11) is 0. The van der Waals surface area contributed by atoms with Gasteiger partial charge in [-0.3, -0.25) is 4.90 Å². The van der Waals surface area contributed by atoms with Gasteiger partial charge in [0.1, 0.15) is 0 Å². The summed E-state index contributed by atoms with van der Waals surface area (Å²) >= 11 is 0. The van der Waals surface area contributed by atoms with E-state index in [0.717, 1.165) is 52.3 Å². The number of likely N-dealkylation sites (tertiary alicyclic amines) is 1. The van der Waals surface area contributed by atoms with Gasteiger partial charge in [0.2, 0.25) is 0 Å². The third-order valence-electron chi connectivity index (χ3n) is 5.23. The Morgan fingerprint density at radius 2 is 1.83 bits per heavy atom. The molecular weight excluding hydrogens is 304 g/mol. The topological polar surface area (TPSA) is 56.2 Å². The molecule has 3 rings (SSSR count). The van der Waals surface area contributed by atoms with Gasteiger partial charge in [0.15, 0.2) is 0 Å². The third-order valence-corrected chi connectivity index (χ3v) is 5.23. The maximum Gasteiger partial charge on any atom is 0.0901 e. The Morgan fingerprint density at radius 1 is 1.08 bits per heavy atom. The second-order valence-electron chi connectivity index (χ2n) is 7.25. The van der Waals surface area contributed by atoms with E-state index in [-0.39, 0.29) is 12.7 Å². The molecule has 1 atom stereocenters. The molecule has 0 spiro atoms. The van der Waals surface area contributed by atoms with Crippen LogP contribution >= 0.6 is 0 Å². The van der Waals surface area contributed by atoms with Crippen LogP contribution < -0.4 is 0 Å². The van der Waals surface area contributed by atoms with Gasteiger partial charge in [-0.15, -0.1) is 0 Å². The van der Waals surface area contributed by atoms with E-state index < -0.39 is 5.60 Å². The predicted octanol–water partition coefficient (Wildman–Crippen LogP) is 1.10. The minimum atomic E-state index is -0.875. The van der Waals surface area contributed by atoms with Crippen LogP contribution in [0.1, 0.15) is 24.8 Å². The van der Waals surface area contributed by atoms with E-state index in [1.807, 2.05) is 0 Å². The zero-order chi connectivity index (χ0) is 16.8. The molecule has 2 aliphatic rings. The van der Waals surface area contributed by atoms with E-state index >= 15 is 0 Å². The summed E-state index contributed by atoms with van der Waals surface area (Å²) in [5, 5.41) is 19.4. The Kier molecular flexibility index (Phi) is 6.25. The van der Waals surface area contributed by atoms with E-state index in [0.29, 0.717) is 12.8 Å². The van der Waals surface area contributed by atoms with Crippen molar-refractivity contribution >= 4 is 0 Å². The molecular formula is C19H30N2O3. The maximum absolute atomic E-state index is 10.1. The molecule has 0 aromatic heterocycles. The molecule has 5 nitrogen and oxygen atoms in total. The fourth-order valence-electron chi connectivity index (χ4n) is 3.66. The molecule has 0 saturated carbocycles. The second kappa shape index (κ2) is 8.41. The first-order valence-corrected chi connectivity index (χ1v) is 9.10. The molecule has 134 valence electrons. The number of hydrogen-bond donors (Lipinski definition) is 2. The van der Waals surface area contributed by atoms with Crippen molar-refractivity contribution < 1.29 is 14.9 Å². The van der Waals surface area contributed by atoms with Gasteiger partial charge in [0, 0.05) is 45.9 Å². The van der Waals surface area contributed by atoms with Gasteiger partial charge in [0.25, 0.3) is 0 Å². The zero-order valence-corrected chi connectivity index (χ0v) is 14.4. The van der Waals surface area contributed by atoms with Crippen molar-refractivity contribution in [1.29, 1.82) is 0 Å². The first kappa shape index (κ1) is 17.8. The lowest BCUT2D eigenvalue weighted by molar-refractivity contribution is -0.0684. The summed E-state index contributed by atoms with van der Waals surface area (Å²) in [6.07, 6.45) is 2.58. The Hall–Kier alpha value is -0.980. The van der Waals surface area contributed by atoms with Gasteiger partial charge < -0.3 is 19.8 Å². The van der Waals surface area contributed by atoms with Gasteiger partial charge in [-0.1, -0.05) is 30.3 Å². The zero-order valence-electron chi connectivity index (χ0n) is 14.4. The monoisotopic (exact) mass is 334 g/mol. The number of ether oxygens (including phenoxy) is 1. The van der Waals surface area contributed by atoms with Crippen molar-refractivity contribution in [3.8, 4) is 0 Å². The number of hydrogen-bond acceptors (Lipinski definition) is 5. The maximum atomic E-state index is 10.1. The minimum Gasteiger partial charge on any atom is -0.393 e. The van der Waals surface area contributed by atoms with Crippen LogP contribution in [-0.4, -0.2) is 77.7 Å². The first-order chi connectivity index (χ1) is 11.7. The molecule has 1 aromatic carbocycles. The number of benzene rings is 1. The van der Waals surface area contributed by atoms with Crippen LogP contribution in [0.3, 0.4) is 0 Å². The lowest BCUT2D eigenvalue weighted by Crippen LogP contribution is -2.49. The Morgan fingerprint density at radius 3 is 2.54 bits per heavy atom. The van der Waals surface area contributed by atoms with Crippen LogP contribution in [0.15, 0.2) is 30.3 Å². The molecule has 24 heavy (non-hydrogen) atoms. The Balaban J connectivity index is 1.50. The highest BCUT2D eigenvalue weighted by atomic mass is 16.5. The lowest BCUT2D eigenvalue weighted by Gasteiger charge is -2.38. The Bertz CT molecular complexity index is 489. The molecule has 5 heteroatoms. The predicted molar refractivity (Wildman–Crippen MR) is 93.8 cm³/mol. The van der Waals surface area contributed by atoms with E-state index in [9.17, 15) is 10.2 Å². The fourth-order valence-corrected chi connectivity index (χ4v) is 3.66. The molecule has 0 bridgehead atoms. The van der Waals surface area contributed by atoms with E-state index in [2.05, 4.69) is 40.1 Å². The second-order valence-corrected chi connectivity index (χ2v) is 7.25. The summed E-state index contributed by atoms with van der Waals surface area (Å²) in [5.74, 6) is 0. The average Bonchev–Trinajstić information content (AvgIpc) is 2.83. The van der Waals surface area contributed by atoms with Crippen LogP contribution in [0, 0.1) is 0 Å². The standard InChI is InChI=1S/C19H30N2O3/c22-16-19(23)7-10-20(11-8-19)14-18-15-21(9-4-12-24-18)13-17-5-2-1-3-6-17/h1-3,5-6,18,22-23H,4,7-16H2. The van der Waals surface area contributed by atoms with Gasteiger partial charge in [-0.2, -0.15) is 0 Å². The summed E-state index contributed by atoms with van der Waals surface area (Å²) in [5.41, 5.74) is 0.476. The SMILES string of the molecule is OCC1(O)CCN(CC2CN(Cc3ccccc3)CCCO2)CC1. The van der Waals surface area contributed by atoms with Gasteiger partial charge in [-0.25, -0.2) is 0 Å². The summed E-state index contributed by atoms with van der Waals surface area (Å²) in [6, 6.07) is 10.6. The number of aliphatic hydroxyl groups is 2.